The Bertz CT molecular complexity index is 1170. The first-order valence-corrected chi connectivity index (χ1v) is 11.1. The Morgan fingerprint density at radius 1 is 0.966 bits per heavy atom. The molecule has 0 aliphatic heterocycles. The van der Waals surface area contributed by atoms with Crippen molar-refractivity contribution < 1.29 is 18.0 Å². The number of anilines is 1. The van der Waals surface area contributed by atoms with Gasteiger partial charge in [-0.3, -0.25) is 9.59 Å². The lowest BCUT2D eigenvalue weighted by Crippen LogP contribution is -2.35. The third-order valence-electron chi connectivity index (χ3n) is 4.39. The summed E-state index contributed by atoms with van der Waals surface area (Å²) >= 11 is 0. The monoisotopic (exact) mass is 410 g/mol. The van der Waals surface area contributed by atoms with E-state index in [-0.39, 0.29) is 24.1 Å². The van der Waals surface area contributed by atoms with Gasteiger partial charge >= 0.3 is 0 Å². The molecule has 150 valence electrons. The quantitative estimate of drug-likeness (QED) is 0.677. The van der Waals surface area contributed by atoms with Crippen LogP contribution in [0.5, 0.6) is 0 Å². The van der Waals surface area contributed by atoms with Gasteiger partial charge in [0.05, 0.1) is 12.3 Å². The van der Waals surface area contributed by atoms with E-state index >= 15 is 0 Å². The van der Waals surface area contributed by atoms with Crippen molar-refractivity contribution >= 4 is 38.1 Å². The molecule has 0 heterocycles. The van der Waals surface area contributed by atoms with E-state index in [9.17, 15) is 18.0 Å². The van der Waals surface area contributed by atoms with Crippen LogP contribution < -0.4 is 5.32 Å². The number of rotatable bonds is 6. The fourth-order valence-electron chi connectivity index (χ4n) is 3.13. The molecule has 7 heteroatoms. The van der Waals surface area contributed by atoms with Crippen LogP contribution in [-0.2, 0) is 20.4 Å². The van der Waals surface area contributed by atoms with Gasteiger partial charge in [0.2, 0.25) is 5.91 Å². The second-order valence-corrected chi connectivity index (χ2v) is 9.15. The first-order chi connectivity index (χ1) is 13.7. The molecule has 1 N–H and O–H groups in total. The van der Waals surface area contributed by atoms with Crippen molar-refractivity contribution in [1.82, 2.24) is 4.90 Å². The summed E-state index contributed by atoms with van der Waals surface area (Å²) in [7, 11) is -1.66. The number of amides is 2. The molecule has 0 aliphatic rings. The molecule has 2 amide bonds. The average molecular weight is 410 g/mol. The number of carbonyl (C=O) groups excluding carboxylic acids is 2. The lowest BCUT2D eigenvalue weighted by Gasteiger charge is -2.18. The molecule has 29 heavy (non-hydrogen) atoms. The highest BCUT2D eigenvalue weighted by Crippen LogP contribution is 2.22. The molecule has 3 aromatic carbocycles. The number of nitrogens with zero attached hydrogens (tertiary/aromatic N) is 1. The standard InChI is InChI=1S/C22H22N2O4S/c1-24(22(26)18-10-5-7-16(13-18)15-29(2,27)28)14-21(25)23-20-12-6-9-17-8-3-4-11-19(17)20/h3-13H,14-15H2,1-2H3,(H,23,25). The van der Waals surface area contributed by atoms with Crippen molar-refractivity contribution in [3.63, 3.8) is 0 Å². The van der Waals surface area contributed by atoms with Crippen molar-refractivity contribution in [3.05, 3.63) is 77.9 Å². The molecule has 3 aromatic rings. The highest BCUT2D eigenvalue weighted by atomic mass is 32.2. The largest absolute Gasteiger partial charge is 0.332 e. The summed E-state index contributed by atoms with van der Waals surface area (Å²) in [5.41, 5.74) is 1.56. The molecule has 6 nitrogen and oxygen atoms in total. The zero-order valence-electron chi connectivity index (χ0n) is 16.3. The highest BCUT2D eigenvalue weighted by molar-refractivity contribution is 7.89. The highest BCUT2D eigenvalue weighted by Gasteiger charge is 2.16. The van der Waals surface area contributed by atoms with Crippen molar-refractivity contribution in [1.29, 1.82) is 0 Å². The van der Waals surface area contributed by atoms with Crippen LogP contribution in [0.1, 0.15) is 15.9 Å². The summed E-state index contributed by atoms with van der Waals surface area (Å²) < 4.78 is 23.0. The number of nitrogens with one attached hydrogen (secondary N) is 1. The topological polar surface area (TPSA) is 83.6 Å². The number of sulfone groups is 1. The van der Waals surface area contributed by atoms with Crippen LogP contribution in [0.15, 0.2) is 66.7 Å². The van der Waals surface area contributed by atoms with Crippen molar-refractivity contribution in [2.75, 3.05) is 25.2 Å². The Labute approximate surface area is 170 Å². The molecule has 0 saturated heterocycles. The smallest absolute Gasteiger partial charge is 0.254 e. The predicted octanol–water partition coefficient (Wildman–Crippen LogP) is 3.10. The predicted molar refractivity (Wildman–Crippen MR) is 115 cm³/mol. The minimum Gasteiger partial charge on any atom is -0.332 e. The Balaban J connectivity index is 1.69. The van der Waals surface area contributed by atoms with Crippen LogP contribution in [0.2, 0.25) is 0 Å². The number of carbonyl (C=O) groups is 2. The maximum Gasteiger partial charge on any atom is 0.254 e. The molecule has 3 rings (SSSR count). The van der Waals surface area contributed by atoms with Gasteiger partial charge in [0.25, 0.3) is 5.91 Å². The molecule has 0 bridgehead atoms. The van der Waals surface area contributed by atoms with E-state index in [2.05, 4.69) is 5.32 Å². The minimum atomic E-state index is -3.20. The van der Waals surface area contributed by atoms with Crippen LogP contribution in [0.25, 0.3) is 10.8 Å². The second-order valence-electron chi connectivity index (χ2n) is 7.01. The third kappa shape index (κ3) is 5.42. The Hall–Kier alpha value is -3.19. The number of likely N-dealkylation sites (N-methyl/N-ethyl adjacent to an activating group) is 1. The van der Waals surface area contributed by atoms with E-state index < -0.39 is 9.84 Å². The molecular formula is C22H22N2O4S. The van der Waals surface area contributed by atoms with E-state index in [1.165, 1.54) is 11.9 Å². The van der Waals surface area contributed by atoms with Gasteiger partial charge in [0.15, 0.2) is 9.84 Å². The summed E-state index contributed by atoms with van der Waals surface area (Å²) in [5, 5.41) is 4.79. The number of hydrogen-bond donors (Lipinski definition) is 1. The number of benzene rings is 3. The first kappa shape index (κ1) is 20.5. The van der Waals surface area contributed by atoms with E-state index in [4.69, 9.17) is 0 Å². The van der Waals surface area contributed by atoms with Crippen LogP contribution in [0.3, 0.4) is 0 Å². The minimum absolute atomic E-state index is 0.127. The molecule has 0 saturated carbocycles. The zero-order chi connectivity index (χ0) is 21.0. The van der Waals surface area contributed by atoms with E-state index in [1.54, 1.807) is 24.3 Å². The van der Waals surface area contributed by atoms with Gasteiger partial charge in [-0.25, -0.2) is 8.42 Å². The SMILES string of the molecule is CN(CC(=O)Nc1cccc2ccccc12)C(=O)c1cccc(CS(C)(=O)=O)c1. The lowest BCUT2D eigenvalue weighted by atomic mass is 10.1. The Morgan fingerprint density at radius 2 is 1.66 bits per heavy atom. The maximum absolute atomic E-state index is 12.7. The Kier molecular flexibility index (Phi) is 5.98. The Morgan fingerprint density at radius 3 is 2.41 bits per heavy atom. The van der Waals surface area contributed by atoms with Crippen molar-refractivity contribution in [3.8, 4) is 0 Å². The van der Waals surface area contributed by atoms with E-state index in [1.807, 2.05) is 42.5 Å². The molecule has 0 atom stereocenters. The molecule has 0 unspecified atom stereocenters. The fourth-order valence-corrected chi connectivity index (χ4v) is 3.91. The molecule has 0 spiro atoms. The van der Waals surface area contributed by atoms with Gasteiger partial charge in [-0.1, -0.05) is 48.5 Å². The average Bonchev–Trinajstić information content (AvgIpc) is 2.66. The van der Waals surface area contributed by atoms with Gasteiger partial charge in [-0.15, -0.1) is 0 Å². The van der Waals surface area contributed by atoms with Gasteiger partial charge in [-0.05, 0) is 29.1 Å². The summed E-state index contributed by atoms with van der Waals surface area (Å²) in [6, 6.07) is 19.8. The molecule has 0 aliphatic carbocycles. The molecule has 0 fully saturated rings. The summed E-state index contributed by atoms with van der Waals surface area (Å²) in [5.74, 6) is -0.808. The third-order valence-corrected chi connectivity index (χ3v) is 5.25. The fraction of sp³-hybridized carbons (Fsp3) is 0.182. The number of fused-ring (bicyclic) bond motifs is 1. The van der Waals surface area contributed by atoms with Crippen LogP contribution >= 0.6 is 0 Å². The first-order valence-electron chi connectivity index (χ1n) is 9.03. The second kappa shape index (κ2) is 8.45. The molecular weight excluding hydrogens is 388 g/mol. The van der Waals surface area contributed by atoms with Crippen molar-refractivity contribution in [2.45, 2.75) is 5.75 Å². The summed E-state index contributed by atoms with van der Waals surface area (Å²) in [6.07, 6.45) is 1.14. The normalized spacial score (nSPS) is 11.2. The van der Waals surface area contributed by atoms with Gasteiger partial charge in [-0.2, -0.15) is 0 Å². The van der Waals surface area contributed by atoms with Crippen molar-refractivity contribution in [2.24, 2.45) is 0 Å². The van der Waals surface area contributed by atoms with Crippen LogP contribution in [-0.4, -0.2) is 45.0 Å². The summed E-state index contributed by atoms with van der Waals surface area (Å²) in [6.45, 7) is -0.127. The number of hydrogen-bond acceptors (Lipinski definition) is 4. The van der Waals surface area contributed by atoms with Gasteiger partial charge in [0.1, 0.15) is 0 Å². The van der Waals surface area contributed by atoms with Gasteiger partial charge in [0, 0.05) is 29.9 Å². The van der Waals surface area contributed by atoms with Gasteiger partial charge < -0.3 is 10.2 Å². The molecule has 0 radical (unpaired) electrons. The maximum atomic E-state index is 12.7. The summed E-state index contributed by atoms with van der Waals surface area (Å²) in [4.78, 5) is 26.4. The van der Waals surface area contributed by atoms with Crippen LogP contribution in [0, 0.1) is 0 Å². The zero-order valence-corrected chi connectivity index (χ0v) is 17.1. The lowest BCUT2D eigenvalue weighted by molar-refractivity contribution is -0.116. The molecule has 0 aromatic heterocycles. The van der Waals surface area contributed by atoms with Crippen LogP contribution in [0.4, 0.5) is 5.69 Å². The van der Waals surface area contributed by atoms with E-state index in [0.717, 1.165) is 17.0 Å². The van der Waals surface area contributed by atoms with E-state index in [0.29, 0.717) is 16.8 Å².